The first-order valence-electron chi connectivity index (χ1n) is 5.95. The van der Waals surface area contributed by atoms with Gasteiger partial charge >= 0.3 is 0 Å². The van der Waals surface area contributed by atoms with Crippen molar-refractivity contribution < 1.29 is 0 Å². The number of aryl methyl sites for hydroxylation is 3. The molecule has 3 heteroatoms. The molecule has 1 aromatic heterocycles. The normalized spacial score (nSPS) is 10.7. The summed E-state index contributed by atoms with van der Waals surface area (Å²) < 4.78 is 1.44. The van der Waals surface area contributed by atoms with Gasteiger partial charge in [0.1, 0.15) is 5.82 Å². The molecule has 0 atom stereocenters. The zero-order valence-corrected chi connectivity index (χ0v) is 11.2. The van der Waals surface area contributed by atoms with Crippen molar-refractivity contribution in [3.8, 4) is 11.1 Å². The zero-order chi connectivity index (χ0) is 13.4. The molecule has 2 N–H and O–H groups in total. The summed E-state index contributed by atoms with van der Waals surface area (Å²) in [5.74, 6) is 0.482. The molecule has 0 spiro atoms. The summed E-state index contributed by atoms with van der Waals surface area (Å²) >= 11 is 0. The molecule has 0 saturated heterocycles. The molecule has 0 aliphatic carbocycles. The Morgan fingerprint density at radius 2 is 1.56 bits per heavy atom. The second-order valence-electron chi connectivity index (χ2n) is 4.82. The third kappa shape index (κ3) is 2.04. The number of hydrogen-bond donors (Lipinski definition) is 1. The summed E-state index contributed by atoms with van der Waals surface area (Å²) in [5.41, 5.74) is 11.3. The van der Waals surface area contributed by atoms with E-state index in [0.717, 1.165) is 16.7 Å². The van der Waals surface area contributed by atoms with Gasteiger partial charge in [0.25, 0.3) is 5.56 Å². The minimum atomic E-state index is -0.0809. The maximum absolute atomic E-state index is 11.8. The minimum absolute atomic E-state index is 0.0809. The van der Waals surface area contributed by atoms with Gasteiger partial charge in [0, 0.05) is 13.1 Å². The van der Waals surface area contributed by atoms with Crippen LogP contribution in [0, 0.1) is 20.8 Å². The fraction of sp³-hybridized carbons (Fsp3) is 0.267. The van der Waals surface area contributed by atoms with E-state index in [2.05, 4.69) is 32.9 Å². The molecule has 18 heavy (non-hydrogen) atoms. The molecule has 1 heterocycles. The largest absolute Gasteiger partial charge is 0.385 e. The van der Waals surface area contributed by atoms with E-state index in [1.807, 2.05) is 6.07 Å². The van der Waals surface area contributed by atoms with Gasteiger partial charge in [-0.3, -0.25) is 9.36 Å². The average molecular weight is 242 g/mol. The number of pyridine rings is 1. The fourth-order valence-electron chi connectivity index (χ4n) is 2.08. The first-order valence-corrected chi connectivity index (χ1v) is 5.95. The molecular formula is C15H18N2O. The monoisotopic (exact) mass is 242 g/mol. The first-order chi connectivity index (χ1) is 8.40. The minimum Gasteiger partial charge on any atom is -0.385 e. The Kier molecular flexibility index (Phi) is 2.99. The summed E-state index contributed by atoms with van der Waals surface area (Å²) in [6.45, 7) is 6.21. The molecule has 1 aromatic carbocycles. The molecule has 3 nitrogen and oxygen atoms in total. The van der Waals surface area contributed by atoms with Crippen LogP contribution >= 0.6 is 0 Å². The number of anilines is 1. The van der Waals surface area contributed by atoms with Gasteiger partial charge in [0.05, 0.1) is 0 Å². The van der Waals surface area contributed by atoms with Crippen LogP contribution in [0.1, 0.15) is 16.7 Å². The fourth-order valence-corrected chi connectivity index (χ4v) is 2.08. The van der Waals surface area contributed by atoms with Crippen LogP contribution in [0.4, 0.5) is 5.82 Å². The van der Waals surface area contributed by atoms with Crippen LogP contribution in [0.25, 0.3) is 11.1 Å². The van der Waals surface area contributed by atoms with Gasteiger partial charge in [-0.15, -0.1) is 0 Å². The maximum Gasteiger partial charge on any atom is 0.252 e. The first kappa shape index (κ1) is 12.4. The van der Waals surface area contributed by atoms with Gasteiger partial charge in [0.15, 0.2) is 0 Å². The van der Waals surface area contributed by atoms with Gasteiger partial charge in [-0.2, -0.15) is 0 Å². The third-order valence-corrected chi connectivity index (χ3v) is 3.45. The highest BCUT2D eigenvalue weighted by Crippen LogP contribution is 2.26. The molecular weight excluding hydrogens is 224 g/mol. The Hall–Kier alpha value is -2.03. The Morgan fingerprint density at radius 3 is 2.17 bits per heavy atom. The van der Waals surface area contributed by atoms with E-state index < -0.39 is 0 Å². The van der Waals surface area contributed by atoms with Crippen molar-refractivity contribution >= 4 is 5.82 Å². The average Bonchev–Trinajstić information content (AvgIpc) is 2.30. The van der Waals surface area contributed by atoms with Gasteiger partial charge < -0.3 is 5.73 Å². The van der Waals surface area contributed by atoms with Crippen molar-refractivity contribution in [1.82, 2.24) is 4.57 Å². The molecule has 0 fully saturated rings. The van der Waals surface area contributed by atoms with E-state index in [1.54, 1.807) is 13.1 Å². The van der Waals surface area contributed by atoms with Crippen LogP contribution in [0.15, 0.2) is 29.1 Å². The zero-order valence-electron chi connectivity index (χ0n) is 11.2. The van der Waals surface area contributed by atoms with Crippen molar-refractivity contribution in [2.45, 2.75) is 20.8 Å². The van der Waals surface area contributed by atoms with E-state index in [1.165, 1.54) is 15.7 Å². The highest BCUT2D eigenvalue weighted by atomic mass is 16.1. The number of nitrogens with zero attached hydrogens (tertiary/aromatic N) is 1. The second kappa shape index (κ2) is 4.33. The van der Waals surface area contributed by atoms with Crippen LogP contribution in [0.2, 0.25) is 0 Å². The number of nitrogen functional groups attached to an aromatic ring is 1. The van der Waals surface area contributed by atoms with E-state index in [0.29, 0.717) is 5.82 Å². The number of aromatic nitrogens is 1. The van der Waals surface area contributed by atoms with Crippen LogP contribution < -0.4 is 11.3 Å². The molecule has 0 aliphatic heterocycles. The van der Waals surface area contributed by atoms with E-state index >= 15 is 0 Å². The highest BCUT2D eigenvalue weighted by molar-refractivity contribution is 5.70. The van der Waals surface area contributed by atoms with Crippen LogP contribution in [0.5, 0.6) is 0 Å². The SMILES string of the molecule is Cc1cc(C)c(-c2cc(N)n(C)c(=O)c2)cc1C. The number of benzene rings is 1. The summed E-state index contributed by atoms with van der Waals surface area (Å²) in [5, 5.41) is 0. The Balaban J connectivity index is 2.70. The molecule has 0 aliphatic rings. The Bertz CT molecular complexity index is 669. The van der Waals surface area contributed by atoms with Crippen molar-refractivity contribution in [2.75, 3.05) is 5.73 Å². The molecule has 94 valence electrons. The molecule has 0 bridgehead atoms. The lowest BCUT2D eigenvalue weighted by Crippen LogP contribution is -2.18. The number of hydrogen-bond acceptors (Lipinski definition) is 2. The van der Waals surface area contributed by atoms with E-state index in [4.69, 9.17) is 5.73 Å². The Labute approximate surface area is 107 Å². The van der Waals surface area contributed by atoms with Crippen LogP contribution in [-0.2, 0) is 7.05 Å². The molecule has 0 unspecified atom stereocenters. The van der Waals surface area contributed by atoms with Gasteiger partial charge in [-0.05, 0) is 54.7 Å². The highest BCUT2D eigenvalue weighted by Gasteiger charge is 2.07. The van der Waals surface area contributed by atoms with Gasteiger partial charge in [-0.1, -0.05) is 12.1 Å². The molecule has 0 amide bonds. The molecule has 2 aromatic rings. The van der Waals surface area contributed by atoms with Crippen molar-refractivity contribution in [3.05, 3.63) is 51.3 Å². The third-order valence-electron chi connectivity index (χ3n) is 3.45. The van der Waals surface area contributed by atoms with Crippen molar-refractivity contribution in [3.63, 3.8) is 0 Å². The summed E-state index contributed by atoms with van der Waals surface area (Å²) in [7, 11) is 1.68. The standard InChI is InChI=1S/C15H18N2O/c1-9-5-11(3)13(6-10(9)2)12-7-14(16)17(4)15(18)8-12/h5-8H,16H2,1-4H3. The van der Waals surface area contributed by atoms with Gasteiger partial charge in [-0.25, -0.2) is 0 Å². The lowest BCUT2D eigenvalue weighted by Gasteiger charge is -2.11. The second-order valence-corrected chi connectivity index (χ2v) is 4.82. The summed E-state index contributed by atoms with van der Waals surface area (Å²) in [6, 6.07) is 7.73. The maximum atomic E-state index is 11.8. The topological polar surface area (TPSA) is 48.0 Å². The molecule has 0 radical (unpaired) electrons. The van der Waals surface area contributed by atoms with Crippen molar-refractivity contribution in [2.24, 2.45) is 7.05 Å². The Morgan fingerprint density at radius 1 is 0.944 bits per heavy atom. The van der Waals surface area contributed by atoms with Crippen LogP contribution in [0.3, 0.4) is 0 Å². The van der Waals surface area contributed by atoms with Gasteiger partial charge in [0.2, 0.25) is 0 Å². The number of nitrogens with two attached hydrogens (primary N) is 1. The smallest absolute Gasteiger partial charge is 0.252 e. The van der Waals surface area contributed by atoms with Crippen LogP contribution in [-0.4, -0.2) is 4.57 Å². The number of rotatable bonds is 1. The lowest BCUT2D eigenvalue weighted by molar-refractivity contribution is 0.876. The van der Waals surface area contributed by atoms with E-state index in [-0.39, 0.29) is 5.56 Å². The quantitative estimate of drug-likeness (QED) is 0.835. The molecule has 2 rings (SSSR count). The molecule has 0 saturated carbocycles. The predicted molar refractivity (Wildman–Crippen MR) is 75.7 cm³/mol. The lowest BCUT2D eigenvalue weighted by atomic mass is 9.96. The summed E-state index contributed by atoms with van der Waals surface area (Å²) in [4.78, 5) is 11.8. The van der Waals surface area contributed by atoms with Crippen molar-refractivity contribution in [1.29, 1.82) is 0 Å². The summed E-state index contributed by atoms with van der Waals surface area (Å²) in [6.07, 6.45) is 0. The predicted octanol–water partition coefficient (Wildman–Crippen LogP) is 2.56. The van der Waals surface area contributed by atoms with E-state index in [9.17, 15) is 4.79 Å².